The van der Waals surface area contributed by atoms with Gasteiger partial charge < -0.3 is 14.4 Å². The maximum atomic E-state index is 11.7. The fourth-order valence-corrected chi connectivity index (χ4v) is 3.22. The zero-order chi connectivity index (χ0) is 17.2. The zero-order valence-electron chi connectivity index (χ0n) is 11.4. The maximum Gasteiger partial charge on any atom is 0.269 e. The summed E-state index contributed by atoms with van der Waals surface area (Å²) in [4.78, 5) is 41.1. The van der Waals surface area contributed by atoms with E-state index < -0.39 is 23.1 Å². The molecular weight excluding hydrogens is 327 g/mol. The van der Waals surface area contributed by atoms with E-state index in [1.165, 1.54) is 24.3 Å². The molecule has 1 unspecified atom stereocenters. The van der Waals surface area contributed by atoms with Crippen LogP contribution in [-0.2, 0) is 4.57 Å². The third kappa shape index (κ3) is 3.78. The molecule has 0 saturated heterocycles. The Bertz CT molecular complexity index is 725. The van der Waals surface area contributed by atoms with Crippen LogP contribution in [0.1, 0.15) is 16.8 Å². The molecular formula is C13H10N2O7P-. The van der Waals surface area contributed by atoms with E-state index in [9.17, 15) is 34.6 Å². The summed E-state index contributed by atoms with van der Waals surface area (Å²) in [5, 5.41) is 21.3. The molecule has 120 valence electrons. The van der Waals surface area contributed by atoms with Crippen molar-refractivity contribution in [2.24, 2.45) is 0 Å². The molecule has 0 aromatic heterocycles. The van der Waals surface area contributed by atoms with Crippen molar-refractivity contribution in [3.05, 3.63) is 79.9 Å². The summed E-state index contributed by atoms with van der Waals surface area (Å²) in [5.74, 6) is 0. The Hall–Kier alpha value is -2.61. The molecule has 0 fully saturated rings. The molecule has 0 bridgehead atoms. The van der Waals surface area contributed by atoms with Crippen molar-refractivity contribution in [2.45, 2.75) is 5.66 Å². The molecule has 10 heteroatoms. The quantitative estimate of drug-likeness (QED) is 0.499. The Morgan fingerprint density at radius 3 is 1.35 bits per heavy atom. The van der Waals surface area contributed by atoms with Gasteiger partial charge in [0.25, 0.3) is 11.4 Å². The number of non-ortho nitro benzene ring substituents is 2. The first-order chi connectivity index (χ1) is 10.7. The molecule has 9 nitrogen and oxygen atoms in total. The summed E-state index contributed by atoms with van der Waals surface area (Å²) in [5.41, 5.74) is -1.69. The Labute approximate surface area is 129 Å². The maximum absolute atomic E-state index is 11.7. The number of benzene rings is 2. The predicted molar refractivity (Wildman–Crippen MR) is 77.9 cm³/mol. The van der Waals surface area contributed by atoms with Gasteiger partial charge in [0.2, 0.25) is 0 Å². The Kier molecular flexibility index (Phi) is 4.55. The van der Waals surface area contributed by atoms with E-state index in [0.717, 1.165) is 24.3 Å². The van der Waals surface area contributed by atoms with Crippen LogP contribution in [-0.4, -0.2) is 14.7 Å². The lowest BCUT2D eigenvalue weighted by molar-refractivity contribution is -0.385. The lowest BCUT2D eigenvalue weighted by Gasteiger charge is -2.27. The molecule has 0 spiro atoms. The average Bonchev–Trinajstić information content (AvgIpc) is 2.47. The van der Waals surface area contributed by atoms with Crippen LogP contribution < -0.4 is 4.89 Å². The van der Waals surface area contributed by atoms with Crippen LogP contribution in [0, 0.1) is 20.2 Å². The highest BCUT2D eigenvalue weighted by molar-refractivity contribution is 7.51. The molecule has 1 atom stereocenters. The molecule has 0 amide bonds. The first-order valence-corrected chi connectivity index (χ1v) is 7.87. The summed E-state index contributed by atoms with van der Waals surface area (Å²) in [7, 11) is -4.89. The lowest BCUT2D eigenvalue weighted by atomic mass is 10.0. The van der Waals surface area contributed by atoms with Gasteiger partial charge in [0.05, 0.1) is 15.5 Å². The molecule has 23 heavy (non-hydrogen) atoms. The van der Waals surface area contributed by atoms with Crippen LogP contribution in [0.5, 0.6) is 0 Å². The molecule has 2 rings (SSSR count). The van der Waals surface area contributed by atoms with Gasteiger partial charge in [-0.1, -0.05) is 24.3 Å². The van der Waals surface area contributed by atoms with Gasteiger partial charge >= 0.3 is 0 Å². The van der Waals surface area contributed by atoms with Crippen LogP contribution in [0.25, 0.3) is 0 Å². The van der Waals surface area contributed by atoms with Crippen molar-refractivity contribution in [3.63, 3.8) is 0 Å². The topological polar surface area (TPSA) is 147 Å². The van der Waals surface area contributed by atoms with Gasteiger partial charge in [0, 0.05) is 24.3 Å². The monoisotopic (exact) mass is 337 g/mol. The van der Waals surface area contributed by atoms with Crippen LogP contribution in [0.15, 0.2) is 48.5 Å². The van der Waals surface area contributed by atoms with Gasteiger partial charge in [-0.15, -0.1) is 0 Å². The van der Waals surface area contributed by atoms with Crippen molar-refractivity contribution in [3.8, 4) is 0 Å². The second kappa shape index (κ2) is 6.25. The third-order valence-electron chi connectivity index (χ3n) is 3.17. The van der Waals surface area contributed by atoms with E-state index in [-0.39, 0.29) is 22.5 Å². The van der Waals surface area contributed by atoms with Crippen molar-refractivity contribution >= 4 is 19.0 Å². The number of hydrogen-bond acceptors (Lipinski definition) is 6. The van der Waals surface area contributed by atoms with Crippen molar-refractivity contribution < 1.29 is 24.2 Å². The minimum absolute atomic E-state index is 0.116. The van der Waals surface area contributed by atoms with Crippen LogP contribution in [0.2, 0.25) is 0 Å². The van der Waals surface area contributed by atoms with E-state index in [2.05, 4.69) is 0 Å². The van der Waals surface area contributed by atoms with Gasteiger partial charge in [-0.2, -0.15) is 0 Å². The van der Waals surface area contributed by atoms with Crippen molar-refractivity contribution in [2.75, 3.05) is 0 Å². The molecule has 0 radical (unpaired) electrons. The largest absolute Gasteiger partial charge is 0.778 e. The fraction of sp³-hybridized carbons (Fsp3) is 0.0769. The third-order valence-corrected chi connectivity index (χ3v) is 4.41. The molecule has 2 aromatic carbocycles. The normalized spacial score (nSPS) is 13.5. The molecule has 2 aromatic rings. The number of hydrogen-bond donors (Lipinski definition) is 1. The first-order valence-electron chi connectivity index (χ1n) is 6.22. The summed E-state index contributed by atoms with van der Waals surface area (Å²) >= 11 is 0. The minimum atomic E-state index is -4.89. The molecule has 0 aliphatic rings. The van der Waals surface area contributed by atoms with E-state index in [4.69, 9.17) is 0 Å². The van der Waals surface area contributed by atoms with E-state index in [0.29, 0.717) is 0 Å². The lowest BCUT2D eigenvalue weighted by Crippen LogP contribution is -2.11. The van der Waals surface area contributed by atoms with E-state index >= 15 is 0 Å². The summed E-state index contributed by atoms with van der Waals surface area (Å²) in [6.45, 7) is 0. The van der Waals surface area contributed by atoms with Gasteiger partial charge in [0.15, 0.2) is 0 Å². The molecule has 0 aliphatic carbocycles. The highest BCUT2D eigenvalue weighted by Crippen LogP contribution is 2.52. The highest BCUT2D eigenvalue weighted by Gasteiger charge is 2.25. The Balaban J connectivity index is 2.47. The SMILES string of the molecule is O=[N+]([O-])c1ccc(C(c2ccc([N+](=O)[O-])cc2)P(=O)([O-])O)cc1. The Morgan fingerprint density at radius 2 is 1.13 bits per heavy atom. The second-order valence-electron chi connectivity index (χ2n) is 4.66. The number of nitro groups is 2. The first kappa shape index (κ1) is 16.8. The molecule has 0 aliphatic heterocycles. The number of rotatable bonds is 5. The van der Waals surface area contributed by atoms with Crippen LogP contribution in [0.3, 0.4) is 0 Å². The van der Waals surface area contributed by atoms with Crippen LogP contribution in [0.4, 0.5) is 11.4 Å². The van der Waals surface area contributed by atoms with Crippen LogP contribution >= 0.6 is 7.60 Å². The minimum Gasteiger partial charge on any atom is -0.778 e. The second-order valence-corrected chi connectivity index (χ2v) is 6.31. The summed E-state index contributed by atoms with van der Waals surface area (Å²) in [6, 6.07) is 9.31. The Morgan fingerprint density at radius 1 is 0.826 bits per heavy atom. The van der Waals surface area contributed by atoms with Crippen molar-refractivity contribution in [1.29, 1.82) is 0 Å². The van der Waals surface area contributed by atoms with Gasteiger partial charge in [0.1, 0.15) is 7.60 Å². The van der Waals surface area contributed by atoms with Gasteiger partial charge in [-0.25, -0.2) is 0 Å². The van der Waals surface area contributed by atoms with E-state index in [1.807, 2.05) is 0 Å². The summed E-state index contributed by atoms with van der Waals surface area (Å²) in [6.07, 6.45) is 0. The fourth-order valence-electron chi connectivity index (χ4n) is 2.13. The smallest absolute Gasteiger partial charge is 0.269 e. The highest BCUT2D eigenvalue weighted by atomic mass is 31.2. The van der Waals surface area contributed by atoms with Gasteiger partial charge in [-0.05, 0) is 11.1 Å². The summed E-state index contributed by atoms with van der Waals surface area (Å²) < 4.78 is 11.7. The molecule has 1 N–H and O–H groups in total. The molecule has 0 saturated carbocycles. The van der Waals surface area contributed by atoms with Crippen molar-refractivity contribution in [1.82, 2.24) is 0 Å². The average molecular weight is 337 g/mol. The van der Waals surface area contributed by atoms with Gasteiger partial charge in [-0.3, -0.25) is 20.2 Å². The van der Waals surface area contributed by atoms with E-state index in [1.54, 1.807) is 0 Å². The predicted octanol–water partition coefficient (Wildman–Crippen LogP) is 2.14. The molecule has 0 heterocycles. The standard InChI is InChI=1S/C13H11N2O7P/c16-14(17)11-5-1-9(2-6-11)13(23(20,21)22)10-3-7-12(8-4-10)15(18)19/h1-8,13H,(H2,20,21,22)/p-1. The number of nitro benzene ring substituents is 2. The number of nitrogens with zero attached hydrogens (tertiary/aromatic N) is 2. The zero-order valence-corrected chi connectivity index (χ0v) is 12.3.